The Labute approximate surface area is 177 Å². The quantitative estimate of drug-likeness (QED) is 0.537. The predicted molar refractivity (Wildman–Crippen MR) is 117 cm³/mol. The molecule has 3 aromatic carbocycles. The Bertz CT molecular complexity index is 1110. The fourth-order valence-electron chi connectivity index (χ4n) is 2.75. The van der Waals surface area contributed by atoms with Gasteiger partial charge in [0.05, 0.1) is 22.7 Å². The molecule has 0 aliphatic heterocycles. The molecule has 0 aliphatic carbocycles. The van der Waals surface area contributed by atoms with Gasteiger partial charge in [0, 0.05) is 0 Å². The first kappa shape index (κ1) is 21.4. The number of anilines is 1. The summed E-state index contributed by atoms with van der Waals surface area (Å²) in [7, 11) is -3.81. The van der Waals surface area contributed by atoms with Crippen LogP contribution in [0.1, 0.15) is 21.5 Å². The molecular formula is C23H24N2O4S. The minimum absolute atomic E-state index is 0.134. The highest BCUT2D eigenvalue weighted by atomic mass is 32.2. The van der Waals surface area contributed by atoms with Gasteiger partial charge in [0.25, 0.3) is 15.9 Å². The van der Waals surface area contributed by atoms with E-state index in [1.54, 1.807) is 36.4 Å². The number of carbonyl (C=O) groups is 1. The summed E-state index contributed by atoms with van der Waals surface area (Å²) in [5, 5.41) is 2.76. The number of sulfonamides is 1. The molecule has 2 N–H and O–H groups in total. The lowest BCUT2D eigenvalue weighted by molar-refractivity contribution is 0.0948. The molecule has 0 aromatic heterocycles. The smallest absolute Gasteiger partial charge is 0.261 e. The summed E-state index contributed by atoms with van der Waals surface area (Å²) in [5.74, 6) is 0.339. The molecule has 0 saturated heterocycles. The summed E-state index contributed by atoms with van der Waals surface area (Å²) in [4.78, 5) is 12.7. The summed E-state index contributed by atoms with van der Waals surface area (Å²) < 4.78 is 33.4. The zero-order chi connectivity index (χ0) is 21.6. The third-order valence-electron chi connectivity index (χ3n) is 4.42. The Morgan fingerprint density at radius 3 is 2.13 bits per heavy atom. The molecule has 0 unspecified atom stereocenters. The maximum Gasteiger partial charge on any atom is 0.261 e. The number of ether oxygens (including phenoxy) is 1. The highest BCUT2D eigenvalue weighted by Crippen LogP contribution is 2.20. The van der Waals surface area contributed by atoms with E-state index in [0.717, 1.165) is 16.9 Å². The van der Waals surface area contributed by atoms with Gasteiger partial charge >= 0.3 is 0 Å². The molecule has 6 nitrogen and oxygen atoms in total. The second-order valence-corrected chi connectivity index (χ2v) is 8.56. The van der Waals surface area contributed by atoms with Gasteiger partial charge < -0.3 is 10.1 Å². The average Bonchev–Trinajstić information content (AvgIpc) is 2.73. The normalized spacial score (nSPS) is 11.0. The van der Waals surface area contributed by atoms with Gasteiger partial charge in [-0.1, -0.05) is 47.5 Å². The fraction of sp³-hybridized carbons (Fsp3) is 0.174. The lowest BCUT2D eigenvalue weighted by Gasteiger charge is -2.13. The van der Waals surface area contributed by atoms with Crippen LogP contribution in [0.25, 0.3) is 0 Å². The standard InChI is InChI=1S/C23H24N2O4S/c1-17-7-11-19(12-8-17)29-16-15-24-23(26)21-5-3-4-6-22(21)25-30(27,28)20-13-9-18(2)10-14-20/h3-14,25H,15-16H2,1-2H3,(H,24,26). The van der Waals surface area contributed by atoms with Crippen LogP contribution in [-0.4, -0.2) is 27.5 Å². The zero-order valence-electron chi connectivity index (χ0n) is 16.9. The molecule has 0 spiro atoms. The Morgan fingerprint density at radius 2 is 1.47 bits per heavy atom. The Morgan fingerprint density at radius 1 is 0.867 bits per heavy atom. The maximum absolute atomic E-state index is 12.7. The summed E-state index contributed by atoms with van der Waals surface area (Å²) >= 11 is 0. The topological polar surface area (TPSA) is 84.5 Å². The average molecular weight is 425 g/mol. The molecule has 0 radical (unpaired) electrons. The first-order valence-corrected chi connectivity index (χ1v) is 11.0. The lowest BCUT2D eigenvalue weighted by atomic mass is 10.1. The van der Waals surface area contributed by atoms with Gasteiger partial charge in [0.2, 0.25) is 0 Å². The third-order valence-corrected chi connectivity index (χ3v) is 5.81. The number of para-hydroxylation sites is 1. The monoisotopic (exact) mass is 424 g/mol. The number of rotatable bonds is 8. The highest BCUT2D eigenvalue weighted by molar-refractivity contribution is 7.92. The molecule has 0 atom stereocenters. The van der Waals surface area contributed by atoms with E-state index in [1.165, 1.54) is 12.1 Å². The summed E-state index contributed by atoms with van der Waals surface area (Å²) in [6.07, 6.45) is 0. The number of aryl methyl sites for hydroxylation is 2. The molecule has 0 bridgehead atoms. The van der Waals surface area contributed by atoms with Gasteiger partial charge in [0.1, 0.15) is 12.4 Å². The number of hydrogen-bond acceptors (Lipinski definition) is 4. The molecule has 1 amide bonds. The second-order valence-electron chi connectivity index (χ2n) is 6.88. The van der Waals surface area contributed by atoms with E-state index in [0.29, 0.717) is 6.61 Å². The molecule has 0 saturated carbocycles. The van der Waals surface area contributed by atoms with Gasteiger partial charge in [-0.15, -0.1) is 0 Å². The second kappa shape index (κ2) is 9.45. The van der Waals surface area contributed by atoms with Crippen molar-refractivity contribution in [2.24, 2.45) is 0 Å². The summed E-state index contributed by atoms with van der Waals surface area (Å²) in [6.45, 7) is 4.46. The van der Waals surface area contributed by atoms with Gasteiger partial charge in [-0.05, 0) is 50.2 Å². The van der Waals surface area contributed by atoms with Crippen molar-refractivity contribution < 1.29 is 17.9 Å². The predicted octanol–water partition coefficient (Wildman–Crippen LogP) is 3.91. The lowest BCUT2D eigenvalue weighted by Crippen LogP contribution is -2.29. The van der Waals surface area contributed by atoms with Crippen LogP contribution in [0.5, 0.6) is 5.75 Å². The van der Waals surface area contributed by atoms with E-state index in [-0.39, 0.29) is 28.6 Å². The fourth-order valence-corrected chi connectivity index (χ4v) is 3.83. The van der Waals surface area contributed by atoms with Crippen LogP contribution >= 0.6 is 0 Å². The summed E-state index contributed by atoms with van der Waals surface area (Å²) in [6, 6.07) is 20.6. The van der Waals surface area contributed by atoms with Gasteiger partial charge in [0.15, 0.2) is 0 Å². The van der Waals surface area contributed by atoms with Crippen LogP contribution in [-0.2, 0) is 10.0 Å². The number of benzene rings is 3. The van der Waals surface area contributed by atoms with Gasteiger partial charge in [-0.25, -0.2) is 8.42 Å². The van der Waals surface area contributed by atoms with Crippen molar-refractivity contribution in [2.75, 3.05) is 17.9 Å². The van der Waals surface area contributed by atoms with E-state index >= 15 is 0 Å². The molecule has 156 valence electrons. The molecule has 3 aromatic rings. The third kappa shape index (κ3) is 5.61. The number of amides is 1. The van der Waals surface area contributed by atoms with Crippen molar-refractivity contribution in [3.8, 4) is 5.75 Å². The van der Waals surface area contributed by atoms with Crippen LogP contribution < -0.4 is 14.8 Å². The van der Waals surface area contributed by atoms with Crippen molar-refractivity contribution >= 4 is 21.6 Å². The van der Waals surface area contributed by atoms with E-state index in [2.05, 4.69) is 10.0 Å². The number of hydrogen-bond donors (Lipinski definition) is 2. The van der Waals surface area contributed by atoms with Crippen molar-refractivity contribution in [3.63, 3.8) is 0 Å². The molecular weight excluding hydrogens is 400 g/mol. The minimum atomic E-state index is -3.81. The molecule has 30 heavy (non-hydrogen) atoms. The Kier molecular flexibility index (Phi) is 6.74. The SMILES string of the molecule is Cc1ccc(OCCNC(=O)c2ccccc2NS(=O)(=O)c2ccc(C)cc2)cc1. The first-order chi connectivity index (χ1) is 14.3. The van der Waals surface area contributed by atoms with Gasteiger partial charge in [-0.2, -0.15) is 0 Å². The van der Waals surface area contributed by atoms with Crippen LogP contribution in [0.15, 0.2) is 77.7 Å². The van der Waals surface area contributed by atoms with E-state index in [9.17, 15) is 13.2 Å². The molecule has 0 fully saturated rings. The molecule has 0 heterocycles. The van der Waals surface area contributed by atoms with Crippen LogP contribution in [0.3, 0.4) is 0 Å². The number of carbonyl (C=O) groups excluding carboxylic acids is 1. The van der Waals surface area contributed by atoms with E-state index in [1.807, 2.05) is 38.1 Å². The van der Waals surface area contributed by atoms with Crippen molar-refractivity contribution in [2.45, 2.75) is 18.7 Å². The number of nitrogens with one attached hydrogen (secondary N) is 2. The van der Waals surface area contributed by atoms with Crippen LogP contribution in [0.2, 0.25) is 0 Å². The first-order valence-electron chi connectivity index (χ1n) is 9.51. The van der Waals surface area contributed by atoms with Crippen LogP contribution in [0.4, 0.5) is 5.69 Å². The Hall–Kier alpha value is -3.32. The molecule has 7 heteroatoms. The largest absolute Gasteiger partial charge is 0.492 e. The maximum atomic E-state index is 12.7. The minimum Gasteiger partial charge on any atom is -0.492 e. The van der Waals surface area contributed by atoms with Gasteiger partial charge in [-0.3, -0.25) is 9.52 Å². The van der Waals surface area contributed by atoms with E-state index < -0.39 is 10.0 Å². The van der Waals surface area contributed by atoms with Crippen molar-refractivity contribution in [1.29, 1.82) is 0 Å². The Balaban J connectivity index is 1.63. The van der Waals surface area contributed by atoms with Crippen molar-refractivity contribution in [3.05, 3.63) is 89.5 Å². The highest BCUT2D eigenvalue weighted by Gasteiger charge is 2.18. The van der Waals surface area contributed by atoms with Crippen molar-refractivity contribution in [1.82, 2.24) is 5.32 Å². The zero-order valence-corrected chi connectivity index (χ0v) is 17.7. The van der Waals surface area contributed by atoms with Crippen LogP contribution in [0, 0.1) is 13.8 Å². The molecule has 0 aliphatic rings. The van der Waals surface area contributed by atoms with E-state index in [4.69, 9.17) is 4.74 Å². The summed E-state index contributed by atoms with van der Waals surface area (Å²) in [5.41, 5.74) is 2.56. The molecule has 3 rings (SSSR count).